The Morgan fingerprint density at radius 3 is 2.21 bits per heavy atom. The Hall–Kier alpha value is -3.65. The Balaban J connectivity index is 1.72. The minimum Gasteiger partial charge on any atom is -0.508 e. The van der Waals surface area contributed by atoms with E-state index in [1.165, 1.54) is 11.1 Å². The van der Waals surface area contributed by atoms with Crippen LogP contribution in [0.5, 0.6) is 5.75 Å². The summed E-state index contributed by atoms with van der Waals surface area (Å²) in [7, 11) is 0. The molecule has 1 aliphatic rings. The molecule has 142 valence electrons. The Kier molecular flexibility index (Phi) is 5.26. The van der Waals surface area contributed by atoms with Gasteiger partial charge in [-0.3, -0.25) is 4.79 Å². The molecular weight excluding hydrogens is 356 g/mol. The predicted octanol–water partition coefficient (Wildman–Crippen LogP) is 6.11. The molecule has 3 aromatic rings. The van der Waals surface area contributed by atoms with Crippen LogP contribution >= 0.6 is 0 Å². The maximum absolute atomic E-state index is 12.7. The molecule has 0 fully saturated rings. The highest BCUT2D eigenvalue weighted by Gasteiger charge is 2.30. The summed E-state index contributed by atoms with van der Waals surface area (Å²) in [4.78, 5) is 12.7. The van der Waals surface area contributed by atoms with E-state index in [1.807, 2.05) is 66.7 Å². The van der Waals surface area contributed by atoms with Gasteiger partial charge >= 0.3 is 0 Å². The van der Waals surface area contributed by atoms with Gasteiger partial charge in [-0.2, -0.15) is 0 Å². The molecule has 0 spiro atoms. The number of benzene rings is 3. The summed E-state index contributed by atoms with van der Waals surface area (Å²) < 4.78 is 0. The number of phenolic OH excluding ortho intramolecular Hbond substituents is 1. The minimum atomic E-state index is -0.460. The first-order valence-corrected chi connectivity index (χ1v) is 9.68. The molecule has 0 saturated carbocycles. The van der Waals surface area contributed by atoms with E-state index in [9.17, 15) is 9.90 Å². The third-order valence-corrected chi connectivity index (χ3v) is 5.31. The number of carbonyl (C=O) groups excluding carboxylic acids is 1. The lowest BCUT2D eigenvalue weighted by molar-refractivity contribution is 0.104. The third kappa shape index (κ3) is 4.12. The molecule has 29 heavy (non-hydrogen) atoms. The zero-order valence-electron chi connectivity index (χ0n) is 16.0. The van der Waals surface area contributed by atoms with Crippen molar-refractivity contribution in [2.24, 2.45) is 0 Å². The fourth-order valence-corrected chi connectivity index (χ4v) is 3.72. The van der Waals surface area contributed by atoms with Crippen LogP contribution in [0.3, 0.4) is 0 Å². The molecule has 2 nitrogen and oxygen atoms in total. The van der Waals surface area contributed by atoms with Crippen LogP contribution in [-0.4, -0.2) is 10.9 Å². The molecule has 0 saturated heterocycles. The van der Waals surface area contributed by atoms with E-state index in [1.54, 1.807) is 18.2 Å². The third-order valence-electron chi connectivity index (χ3n) is 5.31. The van der Waals surface area contributed by atoms with Gasteiger partial charge in [-0.05, 0) is 41.3 Å². The van der Waals surface area contributed by atoms with E-state index < -0.39 is 5.41 Å². The van der Waals surface area contributed by atoms with Crippen molar-refractivity contribution in [3.63, 3.8) is 0 Å². The Morgan fingerprint density at radius 1 is 0.862 bits per heavy atom. The number of aromatic hydroxyl groups is 1. The van der Waals surface area contributed by atoms with Crippen LogP contribution in [0.25, 0.3) is 5.57 Å². The summed E-state index contributed by atoms with van der Waals surface area (Å²) >= 11 is 0. The highest BCUT2D eigenvalue weighted by atomic mass is 16.3. The molecule has 1 N–H and O–H groups in total. The summed E-state index contributed by atoms with van der Waals surface area (Å²) in [6.45, 7) is 0. The Labute approximate surface area is 171 Å². The molecule has 0 heterocycles. The molecule has 4 rings (SSSR count). The molecule has 2 heteroatoms. The van der Waals surface area contributed by atoms with Gasteiger partial charge in [0, 0.05) is 11.0 Å². The first-order valence-electron chi connectivity index (χ1n) is 9.68. The van der Waals surface area contributed by atoms with Gasteiger partial charge in [0.15, 0.2) is 5.78 Å². The van der Waals surface area contributed by atoms with Crippen LogP contribution in [0.1, 0.15) is 27.9 Å². The number of hydrogen-bond donors (Lipinski definition) is 1. The summed E-state index contributed by atoms with van der Waals surface area (Å²) in [5, 5.41) is 9.73. The number of carbonyl (C=O) groups is 1. The second-order valence-electron chi connectivity index (χ2n) is 7.24. The van der Waals surface area contributed by atoms with E-state index in [0.29, 0.717) is 5.56 Å². The van der Waals surface area contributed by atoms with Crippen molar-refractivity contribution >= 4 is 11.4 Å². The van der Waals surface area contributed by atoms with Gasteiger partial charge in [0.1, 0.15) is 5.75 Å². The van der Waals surface area contributed by atoms with E-state index >= 15 is 0 Å². The van der Waals surface area contributed by atoms with Gasteiger partial charge in [-0.15, -0.1) is 0 Å². The molecule has 3 aromatic carbocycles. The van der Waals surface area contributed by atoms with Crippen molar-refractivity contribution in [3.8, 4) is 5.75 Å². The van der Waals surface area contributed by atoms with Crippen molar-refractivity contribution in [1.82, 2.24) is 0 Å². The quantitative estimate of drug-likeness (QED) is 0.429. The molecule has 0 amide bonds. The number of rotatable bonds is 5. The molecule has 1 aliphatic carbocycles. The van der Waals surface area contributed by atoms with Gasteiger partial charge in [0.05, 0.1) is 0 Å². The van der Waals surface area contributed by atoms with Crippen molar-refractivity contribution in [2.45, 2.75) is 11.8 Å². The Morgan fingerprint density at radius 2 is 1.52 bits per heavy atom. The summed E-state index contributed by atoms with van der Waals surface area (Å²) in [6.07, 6.45) is 10.7. The molecule has 0 aromatic heterocycles. The van der Waals surface area contributed by atoms with Crippen molar-refractivity contribution < 1.29 is 9.90 Å². The molecule has 1 unspecified atom stereocenters. The summed E-state index contributed by atoms with van der Waals surface area (Å²) in [5.74, 6) is 0.208. The Bertz CT molecular complexity index is 1070. The zero-order chi connectivity index (χ0) is 20.1. The lowest BCUT2D eigenvalue weighted by atomic mass is 9.71. The maximum atomic E-state index is 12.7. The number of phenols is 1. The normalized spacial score (nSPS) is 18.6. The second-order valence-corrected chi connectivity index (χ2v) is 7.24. The average Bonchev–Trinajstić information content (AvgIpc) is 2.79. The van der Waals surface area contributed by atoms with Crippen molar-refractivity contribution in [1.29, 1.82) is 0 Å². The van der Waals surface area contributed by atoms with Gasteiger partial charge in [-0.1, -0.05) is 97.1 Å². The monoisotopic (exact) mass is 378 g/mol. The fraction of sp³-hybridized carbons (Fsp3) is 0.0741. The lowest BCUT2D eigenvalue weighted by Crippen LogP contribution is -2.23. The van der Waals surface area contributed by atoms with Crippen LogP contribution in [-0.2, 0) is 5.41 Å². The van der Waals surface area contributed by atoms with E-state index in [2.05, 4.69) is 30.4 Å². The molecule has 1 atom stereocenters. The van der Waals surface area contributed by atoms with Gasteiger partial charge in [-0.25, -0.2) is 0 Å². The molecule has 0 aliphatic heterocycles. The van der Waals surface area contributed by atoms with Crippen LogP contribution in [0.4, 0.5) is 0 Å². The number of ketones is 1. The molecular formula is C27H22O2. The molecule has 0 bridgehead atoms. The topological polar surface area (TPSA) is 37.3 Å². The van der Waals surface area contributed by atoms with Gasteiger partial charge in [0.25, 0.3) is 0 Å². The standard InChI is InChI=1S/C27H22O2/c28-25-15-13-24(14-16-25)27(19-17-26(29)22-10-5-2-6-11-22)18-7-12-23(20-27)21-8-3-1-4-9-21/h1-19,28H,20H2/b19-17+. The largest absolute Gasteiger partial charge is 0.508 e. The maximum Gasteiger partial charge on any atom is 0.185 e. The van der Waals surface area contributed by atoms with Crippen LogP contribution in [0.2, 0.25) is 0 Å². The number of hydrogen-bond acceptors (Lipinski definition) is 2. The highest BCUT2D eigenvalue weighted by molar-refractivity contribution is 6.04. The summed E-state index contributed by atoms with van der Waals surface area (Å²) in [5.41, 5.74) is 3.62. The van der Waals surface area contributed by atoms with E-state index in [4.69, 9.17) is 0 Å². The second kappa shape index (κ2) is 8.15. The fourth-order valence-electron chi connectivity index (χ4n) is 3.72. The van der Waals surface area contributed by atoms with Gasteiger partial charge < -0.3 is 5.11 Å². The smallest absolute Gasteiger partial charge is 0.185 e. The van der Waals surface area contributed by atoms with Gasteiger partial charge in [0.2, 0.25) is 0 Å². The van der Waals surface area contributed by atoms with E-state index in [0.717, 1.165) is 12.0 Å². The van der Waals surface area contributed by atoms with E-state index in [-0.39, 0.29) is 11.5 Å². The van der Waals surface area contributed by atoms with Crippen LogP contribution < -0.4 is 0 Å². The first kappa shape index (κ1) is 18.7. The number of allylic oxidation sites excluding steroid dienone is 6. The minimum absolute atomic E-state index is 0.0204. The van der Waals surface area contributed by atoms with Crippen molar-refractivity contribution in [2.75, 3.05) is 0 Å². The summed E-state index contributed by atoms with van der Waals surface area (Å²) in [6, 6.07) is 26.8. The van der Waals surface area contributed by atoms with Crippen molar-refractivity contribution in [3.05, 3.63) is 132 Å². The lowest BCUT2D eigenvalue weighted by Gasteiger charge is -2.32. The van der Waals surface area contributed by atoms with Crippen LogP contribution in [0.15, 0.2) is 115 Å². The predicted molar refractivity (Wildman–Crippen MR) is 118 cm³/mol. The zero-order valence-corrected chi connectivity index (χ0v) is 16.0. The van der Waals surface area contributed by atoms with Crippen LogP contribution in [0, 0.1) is 0 Å². The SMILES string of the molecule is O=C(/C=C/C1(c2ccc(O)cc2)C=CC=C(c2ccccc2)C1)c1ccccc1. The first-order chi connectivity index (χ1) is 14.2. The molecule has 0 radical (unpaired) electrons. The average molecular weight is 378 g/mol. The highest BCUT2D eigenvalue weighted by Crippen LogP contribution is 2.41.